The molecule has 0 amide bonds. The first kappa shape index (κ1) is 7.73. The second-order valence-corrected chi connectivity index (χ2v) is 4.28. The lowest BCUT2D eigenvalue weighted by Gasteiger charge is -1.79. The maximum atomic E-state index is 11.1. The maximum absolute atomic E-state index is 11.1. The smallest absolute Gasteiger partial charge is 0.0873 e. The molecule has 0 aromatic carbocycles. The average molecular weight is 156 g/mol. The highest BCUT2D eigenvalue weighted by atomic mass is 32.2. The van der Waals surface area contributed by atoms with E-state index < -0.39 is 10.8 Å². The van der Waals surface area contributed by atoms with Gasteiger partial charge in [0.05, 0.1) is 20.6 Å². The van der Waals surface area contributed by atoms with Gasteiger partial charge in [-0.25, -0.2) is 4.21 Å². The molecule has 1 saturated heterocycles. The summed E-state index contributed by atoms with van der Waals surface area (Å²) in [5.41, 5.74) is 2.38. The SMILES string of the molecule is CC(C)=C1C(=C(C)C)S1=O. The van der Waals surface area contributed by atoms with Crippen LogP contribution in [0.5, 0.6) is 0 Å². The van der Waals surface area contributed by atoms with E-state index in [9.17, 15) is 4.21 Å². The molecule has 0 aliphatic carbocycles. The Labute approximate surface area is 64.3 Å². The van der Waals surface area contributed by atoms with Crippen LogP contribution in [0, 0.1) is 0 Å². The van der Waals surface area contributed by atoms with Gasteiger partial charge in [-0.15, -0.1) is 0 Å². The summed E-state index contributed by atoms with van der Waals surface area (Å²) in [5.74, 6) is 0. The normalized spacial score (nSPS) is 23.0. The number of allylic oxidation sites excluding steroid dienone is 2. The fourth-order valence-electron chi connectivity index (χ4n) is 0.960. The Balaban J connectivity index is 3.09. The molecule has 0 spiro atoms. The third kappa shape index (κ3) is 1.08. The van der Waals surface area contributed by atoms with Crippen LogP contribution >= 0.6 is 0 Å². The van der Waals surface area contributed by atoms with Crippen LogP contribution in [0.2, 0.25) is 0 Å². The lowest BCUT2D eigenvalue weighted by Crippen LogP contribution is -1.62. The van der Waals surface area contributed by atoms with E-state index in [2.05, 4.69) is 0 Å². The molecule has 0 aromatic rings. The summed E-state index contributed by atoms with van der Waals surface area (Å²) in [6.07, 6.45) is 0. The highest BCUT2D eigenvalue weighted by Crippen LogP contribution is 2.42. The molecule has 1 rings (SSSR count). The summed E-state index contributed by atoms with van der Waals surface area (Å²) in [6, 6.07) is 0. The van der Waals surface area contributed by atoms with Crippen molar-refractivity contribution in [1.82, 2.24) is 0 Å². The second-order valence-electron chi connectivity index (χ2n) is 2.93. The van der Waals surface area contributed by atoms with Gasteiger partial charge in [-0.1, -0.05) is 11.1 Å². The van der Waals surface area contributed by atoms with Crippen molar-refractivity contribution in [3.8, 4) is 0 Å². The predicted octanol–water partition coefficient (Wildman–Crippen LogP) is 2.34. The largest absolute Gasteiger partial charge is 0.249 e. The first-order valence-electron chi connectivity index (χ1n) is 3.32. The molecule has 0 atom stereocenters. The molecule has 10 heavy (non-hydrogen) atoms. The van der Waals surface area contributed by atoms with Crippen LogP contribution in [-0.4, -0.2) is 4.21 Å². The summed E-state index contributed by atoms with van der Waals surface area (Å²) in [5, 5.41) is 0. The van der Waals surface area contributed by atoms with Gasteiger partial charge in [0.25, 0.3) is 0 Å². The topological polar surface area (TPSA) is 17.1 Å². The number of rotatable bonds is 0. The summed E-state index contributed by atoms with van der Waals surface area (Å²) in [4.78, 5) is 2.14. The van der Waals surface area contributed by atoms with Crippen LogP contribution in [0.1, 0.15) is 27.7 Å². The third-order valence-electron chi connectivity index (χ3n) is 1.44. The minimum Gasteiger partial charge on any atom is -0.249 e. The summed E-state index contributed by atoms with van der Waals surface area (Å²) in [7, 11) is -0.738. The molecule has 1 heterocycles. The average Bonchev–Trinajstić information content (AvgIpc) is 2.40. The molecule has 0 N–H and O–H groups in total. The molecule has 0 radical (unpaired) electrons. The molecule has 56 valence electrons. The Kier molecular flexibility index (Phi) is 1.82. The van der Waals surface area contributed by atoms with Crippen molar-refractivity contribution in [3.63, 3.8) is 0 Å². The minimum absolute atomic E-state index is 0.738. The zero-order chi connectivity index (χ0) is 7.89. The molecular weight excluding hydrogens is 144 g/mol. The molecule has 1 aliphatic rings. The van der Waals surface area contributed by atoms with Crippen molar-refractivity contribution < 1.29 is 4.21 Å². The van der Waals surface area contributed by atoms with Crippen molar-refractivity contribution >= 4 is 10.8 Å². The van der Waals surface area contributed by atoms with Gasteiger partial charge in [-0.3, -0.25) is 0 Å². The van der Waals surface area contributed by atoms with Crippen LogP contribution in [0.3, 0.4) is 0 Å². The Hall–Kier alpha value is -0.370. The van der Waals surface area contributed by atoms with Gasteiger partial charge in [0.2, 0.25) is 0 Å². The summed E-state index contributed by atoms with van der Waals surface area (Å²) < 4.78 is 11.1. The quantitative estimate of drug-likeness (QED) is 0.492. The van der Waals surface area contributed by atoms with E-state index in [0.29, 0.717) is 0 Å². The molecule has 1 nitrogen and oxygen atoms in total. The molecule has 1 fully saturated rings. The molecule has 1 aliphatic heterocycles. The van der Waals surface area contributed by atoms with Gasteiger partial charge >= 0.3 is 0 Å². The number of hydrogen-bond donors (Lipinski definition) is 0. The lowest BCUT2D eigenvalue weighted by molar-refractivity contribution is 0.696. The van der Waals surface area contributed by atoms with Crippen LogP contribution in [-0.2, 0) is 10.8 Å². The van der Waals surface area contributed by atoms with Crippen LogP contribution in [0.25, 0.3) is 0 Å². The van der Waals surface area contributed by atoms with Gasteiger partial charge in [0.15, 0.2) is 0 Å². The van der Waals surface area contributed by atoms with Crippen LogP contribution in [0.15, 0.2) is 21.0 Å². The van der Waals surface area contributed by atoms with Crippen molar-refractivity contribution in [2.24, 2.45) is 0 Å². The molecule has 0 aromatic heterocycles. The maximum Gasteiger partial charge on any atom is 0.0873 e. The van der Waals surface area contributed by atoms with Gasteiger partial charge in [-0.2, -0.15) is 0 Å². The van der Waals surface area contributed by atoms with Crippen LogP contribution < -0.4 is 0 Å². The van der Waals surface area contributed by atoms with E-state index in [4.69, 9.17) is 0 Å². The van der Waals surface area contributed by atoms with Gasteiger partial charge in [-0.05, 0) is 27.7 Å². The van der Waals surface area contributed by atoms with E-state index in [1.165, 1.54) is 11.1 Å². The van der Waals surface area contributed by atoms with Gasteiger partial charge in [0.1, 0.15) is 0 Å². The van der Waals surface area contributed by atoms with E-state index in [-0.39, 0.29) is 0 Å². The predicted molar refractivity (Wildman–Crippen MR) is 44.9 cm³/mol. The molecule has 2 heteroatoms. The second kappa shape index (κ2) is 2.35. The molecule has 0 bridgehead atoms. The van der Waals surface area contributed by atoms with Crippen molar-refractivity contribution in [1.29, 1.82) is 0 Å². The zero-order valence-electron chi connectivity index (χ0n) is 6.82. The highest BCUT2D eigenvalue weighted by Gasteiger charge is 2.35. The first-order chi connectivity index (χ1) is 4.55. The third-order valence-corrected chi connectivity index (χ3v) is 3.21. The monoisotopic (exact) mass is 156 g/mol. The highest BCUT2D eigenvalue weighted by molar-refractivity contribution is 8.02. The first-order valence-corrected chi connectivity index (χ1v) is 4.47. The standard InChI is InChI=1S/C8H12OS/c1-5(2)7-8(6(3)4)10(7)9/h1-4H3. The Morgan fingerprint density at radius 2 is 1.30 bits per heavy atom. The van der Waals surface area contributed by atoms with Crippen molar-refractivity contribution in [3.05, 3.63) is 21.0 Å². The minimum atomic E-state index is -0.738. The Morgan fingerprint density at radius 3 is 1.40 bits per heavy atom. The van der Waals surface area contributed by atoms with Gasteiger partial charge < -0.3 is 0 Å². The Bertz CT molecular complexity index is 224. The molecule has 0 unspecified atom stereocenters. The summed E-state index contributed by atoms with van der Waals surface area (Å²) >= 11 is 0. The van der Waals surface area contributed by atoms with Crippen molar-refractivity contribution in [2.75, 3.05) is 0 Å². The van der Waals surface area contributed by atoms with Crippen molar-refractivity contribution in [2.45, 2.75) is 27.7 Å². The fourth-order valence-corrected chi connectivity index (χ4v) is 2.48. The molecule has 0 saturated carbocycles. The van der Waals surface area contributed by atoms with Gasteiger partial charge in [0, 0.05) is 0 Å². The van der Waals surface area contributed by atoms with Crippen LogP contribution in [0.4, 0.5) is 0 Å². The number of hydrogen-bond acceptors (Lipinski definition) is 1. The van der Waals surface area contributed by atoms with E-state index in [1.54, 1.807) is 0 Å². The van der Waals surface area contributed by atoms with E-state index >= 15 is 0 Å². The lowest BCUT2D eigenvalue weighted by atomic mass is 10.2. The molecular formula is C8H12OS. The fraction of sp³-hybridized carbons (Fsp3) is 0.500. The Morgan fingerprint density at radius 1 is 1.00 bits per heavy atom. The summed E-state index contributed by atoms with van der Waals surface area (Å²) in [6.45, 7) is 8.01. The van der Waals surface area contributed by atoms with E-state index in [1.807, 2.05) is 27.7 Å². The zero-order valence-corrected chi connectivity index (χ0v) is 7.63. The van der Waals surface area contributed by atoms with E-state index in [0.717, 1.165) is 9.81 Å².